The van der Waals surface area contributed by atoms with Crippen LogP contribution in [0.2, 0.25) is 0 Å². The minimum atomic E-state index is -0.107. The average Bonchev–Trinajstić information content (AvgIpc) is 3.23. The van der Waals surface area contributed by atoms with Crippen LogP contribution in [-0.2, 0) is 0 Å². The Morgan fingerprint density at radius 1 is 1.14 bits per heavy atom. The third-order valence-corrected chi connectivity index (χ3v) is 5.60. The largest absolute Gasteiger partial charge is 0.394 e. The van der Waals surface area contributed by atoms with E-state index in [9.17, 15) is 5.11 Å². The molecule has 124 valence electrons. The summed E-state index contributed by atoms with van der Waals surface area (Å²) < 4.78 is 0. The lowest BCUT2D eigenvalue weighted by Crippen LogP contribution is -2.51. The van der Waals surface area contributed by atoms with Gasteiger partial charge in [0.05, 0.1) is 6.61 Å². The van der Waals surface area contributed by atoms with E-state index in [-0.39, 0.29) is 12.1 Å². The molecule has 3 unspecified atom stereocenters. The maximum atomic E-state index is 9.80. The van der Waals surface area contributed by atoms with Gasteiger partial charge in [-0.05, 0) is 77.3 Å². The molecule has 0 aromatic heterocycles. The second kappa shape index (κ2) is 7.43. The van der Waals surface area contributed by atoms with E-state index in [4.69, 9.17) is 0 Å². The summed E-state index contributed by atoms with van der Waals surface area (Å²) in [6.07, 6.45) is 7.67. The number of hydrogen-bond donors (Lipinski definition) is 2. The van der Waals surface area contributed by atoms with Gasteiger partial charge in [0.1, 0.15) is 0 Å². The van der Waals surface area contributed by atoms with Crippen LogP contribution in [0.3, 0.4) is 0 Å². The molecule has 2 N–H and O–H groups in total. The van der Waals surface area contributed by atoms with Gasteiger partial charge < -0.3 is 15.3 Å². The van der Waals surface area contributed by atoms with Crippen LogP contribution in [0.1, 0.15) is 66.2 Å². The fourth-order valence-corrected chi connectivity index (χ4v) is 3.92. The molecule has 1 saturated heterocycles. The summed E-state index contributed by atoms with van der Waals surface area (Å²) in [5.41, 5.74) is -0.107. The van der Waals surface area contributed by atoms with Gasteiger partial charge in [0.25, 0.3) is 0 Å². The molecule has 0 aromatic carbocycles. The molecule has 1 aliphatic carbocycles. The molecular weight excluding hydrogens is 260 g/mol. The van der Waals surface area contributed by atoms with Gasteiger partial charge in [0.2, 0.25) is 0 Å². The first-order chi connectivity index (χ1) is 9.93. The summed E-state index contributed by atoms with van der Waals surface area (Å²) in [6, 6.07) is 1.21. The lowest BCUT2D eigenvalue weighted by atomic mass is 9.89. The SMILES string of the molecule is CC(C)C1CCCN(C(C)CC(C)(CO)NC2CC2)CC1. The van der Waals surface area contributed by atoms with Crippen molar-refractivity contribution in [2.45, 2.75) is 83.8 Å². The molecule has 2 rings (SSSR count). The fourth-order valence-electron chi connectivity index (χ4n) is 3.92. The van der Waals surface area contributed by atoms with E-state index in [1.165, 1.54) is 45.2 Å². The number of likely N-dealkylation sites (tertiary alicyclic amines) is 1. The predicted molar refractivity (Wildman–Crippen MR) is 89.5 cm³/mol. The lowest BCUT2D eigenvalue weighted by molar-refractivity contribution is 0.114. The molecule has 0 amide bonds. The normalized spacial score (nSPS) is 29.1. The summed E-state index contributed by atoms with van der Waals surface area (Å²) in [6.45, 7) is 12.0. The van der Waals surface area contributed by atoms with Gasteiger partial charge in [0, 0.05) is 17.6 Å². The van der Waals surface area contributed by atoms with Crippen molar-refractivity contribution >= 4 is 0 Å². The monoisotopic (exact) mass is 296 g/mol. The van der Waals surface area contributed by atoms with Gasteiger partial charge in [-0.3, -0.25) is 0 Å². The molecule has 3 nitrogen and oxygen atoms in total. The van der Waals surface area contributed by atoms with Gasteiger partial charge in [-0.1, -0.05) is 13.8 Å². The highest BCUT2D eigenvalue weighted by atomic mass is 16.3. The van der Waals surface area contributed by atoms with Gasteiger partial charge in [-0.15, -0.1) is 0 Å². The zero-order valence-electron chi connectivity index (χ0n) is 14.6. The second-order valence-corrected chi connectivity index (χ2v) is 8.16. The predicted octanol–water partition coefficient (Wildman–Crippen LogP) is 3.03. The average molecular weight is 296 g/mol. The lowest BCUT2D eigenvalue weighted by Gasteiger charge is -2.36. The summed E-state index contributed by atoms with van der Waals surface area (Å²) >= 11 is 0. The molecule has 0 spiro atoms. The van der Waals surface area contributed by atoms with Crippen LogP contribution >= 0.6 is 0 Å². The minimum Gasteiger partial charge on any atom is -0.394 e. The number of hydrogen-bond acceptors (Lipinski definition) is 3. The van der Waals surface area contributed by atoms with E-state index in [1.54, 1.807) is 0 Å². The number of nitrogens with one attached hydrogen (secondary N) is 1. The van der Waals surface area contributed by atoms with Crippen molar-refractivity contribution in [3.8, 4) is 0 Å². The Balaban J connectivity index is 1.85. The van der Waals surface area contributed by atoms with E-state index in [1.807, 2.05) is 0 Å². The second-order valence-electron chi connectivity index (χ2n) is 8.16. The summed E-state index contributed by atoms with van der Waals surface area (Å²) in [4.78, 5) is 2.66. The molecule has 0 radical (unpaired) electrons. The van der Waals surface area contributed by atoms with E-state index in [2.05, 4.69) is 37.9 Å². The quantitative estimate of drug-likeness (QED) is 0.758. The number of aliphatic hydroxyl groups is 1. The molecule has 1 heterocycles. The molecule has 1 saturated carbocycles. The Labute approximate surface area is 131 Å². The zero-order valence-corrected chi connectivity index (χ0v) is 14.6. The molecule has 0 aromatic rings. The standard InChI is InChI=1S/C18H36N2O/c1-14(2)16-6-5-10-20(11-9-16)15(3)12-18(4,13-21)19-17-7-8-17/h14-17,19,21H,5-13H2,1-4H3. The number of aliphatic hydroxyl groups excluding tert-OH is 1. The molecule has 2 fully saturated rings. The Bertz CT molecular complexity index is 316. The molecule has 3 atom stereocenters. The van der Waals surface area contributed by atoms with Gasteiger partial charge in [-0.2, -0.15) is 0 Å². The molecule has 3 heteroatoms. The van der Waals surface area contributed by atoms with Crippen LogP contribution < -0.4 is 5.32 Å². The van der Waals surface area contributed by atoms with Crippen molar-refractivity contribution in [3.63, 3.8) is 0 Å². The summed E-state index contributed by atoms with van der Waals surface area (Å²) in [5.74, 6) is 1.72. The highest BCUT2D eigenvalue weighted by molar-refractivity contribution is 4.94. The Morgan fingerprint density at radius 2 is 1.86 bits per heavy atom. The summed E-state index contributed by atoms with van der Waals surface area (Å²) in [7, 11) is 0. The first-order valence-electron chi connectivity index (χ1n) is 9.06. The van der Waals surface area contributed by atoms with Crippen molar-refractivity contribution in [1.29, 1.82) is 0 Å². The highest BCUT2D eigenvalue weighted by Crippen LogP contribution is 2.28. The Morgan fingerprint density at radius 3 is 2.43 bits per heavy atom. The molecule has 21 heavy (non-hydrogen) atoms. The molecule has 2 aliphatic rings. The highest BCUT2D eigenvalue weighted by Gasteiger charge is 2.34. The Hall–Kier alpha value is -0.120. The fraction of sp³-hybridized carbons (Fsp3) is 1.00. The zero-order chi connectivity index (χ0) is 15.5. The van der Waals surface area contributed by atoms with Crippen LogP contribution in [0.25, 0.3) is 0 Å². The van der Waals surface area contributed by atoms with Crippen LogP contribution in [-0.4, -0.2) is 47.3 Å². The number of nitrogens with zero attached hydrogens (tertiary/aromatic N) is 1. The van der Waals surface area contributed by atoms with Crippen molar-refractivity contribution in [2.75, 3.05) is 19.7 Å². The maximum Gasteiger partial charge on any atom is 0.0611 e. The van der Waals surface area contributed by atoms with Crippen molar-refractivity contribution in [1.82, 2.24) is 10.2 Å². The van der Waals surface area contributed by atoms with Gasteiger partial charge in [-0.25, -0.2) is 0 Å². The van der Waals surface area contributed by atoms with E-state index >= 15 is 0 Å². The van der Waals surface area contributed by atoms with Gasteiger partial charge in [0.15, 0.2) is 0 Å². The first kappa shape index (κ1) is 17.2. The van der Waals surface area contributed by atoms with Crippen LogP contribution in [0, 0.1) is 11.8 Å². The molecule has 1 aliphatic heterocycles. The maximum absolute atomic E-state index is 9.80. The topological polar surface area (TPSA) is 35.5 Å². The van der Waals surface area contributed by atoms with Crippen LogP contribution in [0.4, 0.5) is 0 Å². The Kier molecular flexibility index (Phi) is 6.10. The first-order valence-corrected chi connectivity index (χ1v) is 9.06. The van der Waals surface area contributed by atoms with Crippen LogP contribution in [0.15, 0.2) is 0 Å². The minimum absolute atomic E-state index is 0.107. The smallest absolute Gasteiger partial charge is 0.0611 e. The van der Waals surface area contributed by atoms with Crippen molar-refractivity contribution < 1.29 is 5.11 Å². The molecule has 0 bridgehead atoms. The third-order valence-electron chi connectivity index (χ3n) is 5.60. The van der Waals surface area contributed by atoms with Crippen molar-refractivity contribution in [2.24, 2.45) is 11.8 Å². The molecular formula is C18H36N2O. The van der Waals surface area contributed by atoms with Gasteiger partial charge >= 0.3 is 0 Å². The number of rotatable bonds is 7. The van der Waals surface area contributed by atoms with E-state index in [0.717, 1.165) is 18.3 Å². The third kappa shape index (κ3) is 5.22. The van der Waals surface area contributed by atoms with Crippen molar-refractivity contribution in [3.05, 3.63) is 0 Å². The van der Waals surface area contributed by atoms with E-state index < -0.39 is 0 Å². The van der Waals surface area contributed by atoms with Crippen LogP contribution in [0.5, 0.6) is 0 Å². The van der Waals surface area contributed by atoms with E-state index in [0.29, 0.717) is 12.1 Å². The summed E-state index contributed by atoms with van der Waals surface area (Å²) in [5, 5.41) is 13.5.